The highest BCUT2D eigenvalue weighted by molar-refractivity contribution is 5.88. The molecule has 0 spiro atoms. The summed E-state index contributed by atoms with van der Waals surface area (Å²) >= 11 is 0. The lowest BCUT2D eigenvalue weighted by Crippen LogP contribution is -2.51. The minimum Gasteiger partial charge on any atom is -0.454 e. The molecule has 0 saturated carbocycles. The van der Waals surface area contributed by atoms with Gasteiger partial charge in [-0.05, 0) is 18.4 Å². The van der Waals surface area contributed by atoms with Crippen molar-refractivity contribution in [3.8, 4) is 18.2 Å². The van der Waals surface area contributed by atoms with Crippen LogP contribution in [-0.4, -0.2) is 12.1 Å². The van der Waals surface area contributed by atoms with E-state index in [9.17, 15) is 20.6 Å². The van der Waals surface area contributed by atoms with Gasteiger partial charge in [-0.2, -0.15) is 15.8 Å². The van der Waals surface area contributed by atoms with Crippen LogP contribution in [-0.2, 0) is 9.53 Å². The van der Waals surface area contributed by atoms with Gasteiger partial charge in [0.1, 0.15) is 0 Å². The quantitative estimate of drug-likeness (QED) is 0.553. The van der Waals surface area contributed by atoms with E-state index in [-0.39, 0.29) is 0 Å². The number of esters is 1. The Morgan fingerprint density at radius 2 is 1.89 bits per heavy atom. The number of fused-ring (bicyclic) bond motifs is 2. The second-order valence-electron chi connectivity index (χ2n) is 4.85. The third-order valence-electron chi connectivity index (χ3n) is 4.25. The second kappa shape index (κ2) is 4.11. The van der Waals surface area contributed by atoms with Gasteiger partial charge in [-0.25, -0.2) is 0 Å². The number of nitriles is 3. The van der Waals surface area contributed by atoms with Crippen molar-refractivity contribution in [2.24, 2.45) is 16.7 Å². The van der Waals surface area contributed by atoms with Crippen LogP contribution < -0.4 is 0 Å². The highest BCUT2D eigenvalue weighted by Gasteiger charge is 2.75. The van der Waals surface area contributed by atoms with E-state index in [1.54, 1.807) is 0 Å². The minimum atomic E-state index is -1.74. The van der Waals surface area contributed by atoms with Crippen LogP contribution in [0.4, 0.5) is 0 Å². The van der Waals surface area contributed by atoms with Crippen LogP contribution in [0.1, 0.15) is 26.7 Å². The fourth-order valence-corrected chi connectivity index (χ4v) is 3.19. The zero-order valence-corrected chi connectivity index (χ0v) is 10.8. The number of ether oxygens (including phenoxy) is 1. The van der Waals surface area contributed by atoms with Gasteiger partial charge in [-0.3, -0.25) is 4.79 Å². The molecule has 0 aromatic heterocycles. The highest BCUT2D eigenvalue weighted by Crippen LogP contribution is 2.60. The van der Waals surface area contributed by atoms with Crippen molar-refractivity contribution in [3.63, 3.8) is 0 Å². The smallest absolute Gasteiger partial charge is 0.330 e. The largest absolute Gasteiger partial charge is 0.454 e. The van der Waals surface area contributed by atoms with Crippen molar-refractivity contribution < 1.29 is 9.53 Å². The molecule has 0 aromatic carbocycles. The molecule has 0 N–H and O–H groups in total. The Morgan fingerprint density at radius 3 is 2.32 bits per heavy atom. The van der Waals surface area contributed by atoms with Crippen molar-refractivity contribution in [1.29, 1.82) is 15.8 Å². The van der Waals surface area contributed by atoms with Gasteiger partial charge in [0, 0.05) is 5.92 Å². The maximum atomic E-state index is 12.2. The summed E-state index contributed by atoms with van der Waals surface area (Å²) in [5.41, 5.74) is -2.68. The summed E-state index contributed by atoms with van der Waals surface area (Å²) in [7, 11) is 0. The third kappa shape index (κ3) is 1.19. The molecule has 1 fully saturated rings. The summed E-state index contributed by atoms with van der Waals surface area (Å²) in [5, 5.41) is 28.5. The molecule has 1 saturated heterocycles. The van der Waals surface area contributed by atoms with Gasteiger partial charge in [0.2, 0.25) is 5.41 Å². The molecule has 96 valence electrons. The Hall–Kier alpha value is -2.32. The lowest BCUT2D eigenvalue weighted by molar-refractivity contribution is -0.146. The molecule has 5 nitrogen and oxygen atoms in total. The van der Waals surface area contributed by atoms with Gasteiger partial charge in [-0.15, -0.1) is 0 Å². The Bertz CT molecular complexity index is 573. The van der Waals surface area contributed by atoms with Crippen LogP contribution in [0.15, 0.2) is 11.6 Å². The number of nitrogens with zero attached hydrogens (tertiary/aromatic N) is 3. The Labute approximate surface area is 111 Å². The molecule has 2 aliphatic rings. The molecule has 5 heteroatoms. The standard InChI is InChI=1S/C14H13N3O2/c1-3-9-5-10(4-2)14(8-17)12(18)19-11(9)13(14,6-15)7-16/h5,10-11H,3-4H2,1-2H3/t10-,11-,14-/m0/s1. The molecule has 2 rings (SSSR count). The normalized spacial score (nSPS) is 34.5. The number of carbonyl (C=O) groups is 1. The maximum absolute atomic E-state index is 12.2. The maximum Gasteiger partial charge on any atom is 0.330 e. The summed E-state index contributed by atoms with van der Waals surface area (Å²) in [6.45, 7) is 3.71. The van der Waals surface area contributed by atoms with E-state index in [2.05, 4.69) is 0 Å². The average Bonchev–Trinajstić information content (AvgIpc) is 2.62. The molecular weight excluding hydrogens is 242 g/mol. The minimum absolute atomic E-state index is 0.460. The first-order valence-electron chi connectivity index (χ1n) is 6.23. The van der Waals surface area contributed by atoms with E-state index in [1.165, 1.54) is 0 Å². The lowest BCUT2D eigenvalue weighted by atomic mass is 9.53. The summed E-state index contributed by atoms with van der Waals surface area (Å²) < 4.78 is 5.24. The molecule has 3 atom stereocenters. The predicted octanol–water partition coefficient (Wildman–Crippen LogP) is 1.83. The van der Waals surface area contributed by atoms with Crippen LogP contribution in [0.25, 0.3) is 0 Å². The molecular formula is C14H13N3O2. The monoisotopic (exact) mass is 255 g/mol. The van der Waals surface area contributed by atoms with Crippen molar-refractivity contribution in [1.82, 2.24) is 0 Å². The number of carbonyl (C=O) groups excluding carboxylic acids is 1. The Kier molecular flexibility index (Phi) is 2.84. The van der Waals surface area contributed by atoms with Crippen molar-refractivity contribution in [2.45, 2.75) is 32.8 Å². The molecule has 1 heterocycles. The summed E-state index contributed by atoms with van der Waals surface area (Å²) in [5.74, 6) is -1.20. The number of rotatable bonds is 2. The Morgan fingerprint density at radius 1 is 1.26 bits per heavy atom. The Balaban J connectivity index is 2.82. The molecule has 0 aromatic rings. The molecule has 0 unspecified atom stereocenters. The van der Waals surface area contributed by atoms with Crippen LogP contribution >= 0.6 is 0 Å². The van der Waals surface area contributed by atoms with Crippen LogP contribution in [0, 0.1) is 50.7 Å². The van der Waals surface area contributed by atoms with Crippen LogP contribution in [0.2, 0.25) is 0 Å². The topological polar surface area (TPSA) is 97.7 Å². The number of hydrogen-bond acceptors (Lipinski definition) is 5. The molecule has 1 aliphatic heterocycles. The SMILES string of the molecule is CCC1=C[C@H](CC)[C@@]2(C#N)C(=O)O[C@@H]1C2(C#N)C#N. The van der Waals surface area contributed by atoms with E-state index in [1.807, 2.05) is 38.1 Å². The third-order valence-corrected chi connectivity index (χ3v) is 4.25. The summed E-state index contributed by atoms with van der Waals surface area (Å²) in [6, 6.07) is 5.75. The van der Waals surface area contributed by atoms with E-state index < -0.39 is 28.8 Å². The molecule has 0 radical (unpaired) electrons. The van der Waals surface area contributed by atoms with Crippen LogP contribution in [0.5, 0.6) is 0 Å². The molecule has 1 aliphatic carbocycles. The molecule has 2 bridgehead atoms. The first kappa shape index (κ1) is 13.1. The zero-order valence-electron chi connectivity index (χ0n) is 10.8. The highest BCUT2D eigenvalue weighted by atomic mass is 16.6. The first-order valence-corrected chi connectivity index (χ1v) is 6.23. The molecule has 19 heavy (non-hydrogen) atoms. The van der Waals surface area contributed by atoms with Gasteiger partial charge in [0.15, 0.2) is 11.5 Å². The van der Waals surface area contributed by atoms with Gasteiger partial charge in [0.05, 0.1) is 18.2 Å². The number of hydrogen-bond donors (Lipinski definition) is 0. The lowest BCUT2D eigenvalue weighted by Gasteiger charge is -2.38. The zero-order chi connectivity index (χ0) is 14.3. The average molecular weight is 255 g/mol. The van der Waals surface area contributed by atoms with Crippen molar-refractivity contribution >= 4 is 5.97 Å². The second-order valence-corrected chi connectivity index (χ2v) is 4.85. The summed E-state index contributed by atoms with van der Waals surface area (Å²) in [4.78, 5) is 12.2. The van der Waals surface area contributed by atoms with E-state index >= 15 is 0 Å². The van der Waals surface area contributed by atoms with E-state index in [4.69, 9.17) is 4.74 Å². The van der Waals surface area contributed by atoms with E-state index in [0.29, 0.717) is 12.8 Å². The number of allylic oxidation sites excluding steroid dienone is 1. The first-order chi connectivity index (χ1) is 9.07. The van der Waals surface area contributed by atoms with Gasteiger partial charge < -0.3 is 4.74 Å². The van der Waals surface area contributed by atoms with E-state index in [0.717, 1.165) is 5.57 Å². The fourth-order valence-electron chi connectivity index (χ4n) is 3.19. The van der Waals surface area contributed by atoms with Gasteiger partial charge >= 0.3 is 5.97 Å². The fraction of sp³-hybridized carbons (Fsp3) is 0.571. The molecule has 0 amide bonds. The predicted molar refractivity (Wildman–Crippen MR) is 63.7 cm³/mol. The van der Waals surface area contributed by atoms with Crippen molar-refractivity contribution in [2.75, 3.05) is 0 Å². The van der Waals surface area contributed by atoms with Crippen LogP contribution in [0.3, 0.4) is 0 Å². The summed E-state index contributed by atoms with van der Waals surface area (Å²) in [6.07, 6.45) is 2.01. The van der Waals surface area contributed by atoms with Crippen molar-refractivity contribution in [3.05, 3.63) is 11.6 Å². The van der Waals surface area contributed by atoms with Gasteiger partial charge in [0.25, 0.3) is 0 Å². The van der Waals surface area contributed by atoms with Gasteiger partial charge in [-0.1, -0.05) is 19.9 Å².